The van der Waals surface area contributed by atoms with Gasteiger partial charge in [-0.15, -0.1) is 5.43 Å². The van der Waals surface area contributed by atoms with E-state index in [9.17, 15) is 51.5 Å². The van der Waals surface area contributed by atoms with Crippen LogP contribution in [0.3, 0.4) is 0 Å². The van der Waals surface area contributed by atoms with Crippen molar-refractivity contribution < 1.29 is 51.4 Å². The van der Waals surface area contributed by atoms with Crippen molar-refractivity contribution in [1.29, 1.82) is 0 Å². The molecule has 0 saturated heterocycles. The summed E-state index contributed by atoms with van der Waals surface area (Å²) in [5.74, 6) is -2.96. The Morgan fingerprint density at radius 3 is 2.00 bits per heavy atom. The highest BCUT2D eigenvalue weighted by molar-refractivity contribution is 7.89. The van der Waals surface area contributed by atoms with Crippen LogP contribution < -0.4 is 15.8 Å². The average Bonchev–Trinajstić information content (AvgIpc) is 3.12. The molecule has 0 bridgehead atoms. The maximum atomic E-state index is 15.5. The van der Waals surface area contributed by atoms with Crippen LogP contribution in [0, 0.1) is 27.2 Å². The zero-order valence-corrected chi connectivity index (χ0v) is 30.2. The van der Waals surface area contributed by atoms with E-state index in [2.05, 4.69) is 5.43 Å². The van der Waals surface area contributed by atoms with Crippen molar-refractivity contribution in [3.05, 3.63) is 128 Å². The zero-order valence-electron chi connectivity index (χ0n) is 28.6. The lowest BCUT2D eigenvalue weighted by molar-refractivity contribution is -0.647. The number of sulfonamides is 1. The summed E-state index contributed by atoms with van der Waals surface area (Å²) >= 11 is 0. The fourth-order valence-electron chi connectivity index (χ4n) is 6.26. The minimum Gasteiger partial charge on any atom is -0.481 e. The van der Waals surface area contributed by atoms with Crippen LogP contribution in [0.5, 0.6) is 0 Å². The molecule has 18 nitrogen and oxygen atoms in total. The highest BCUT2D eigenvalue weighted by Crippen LogP contribution is 2.49. The Morgan fingerprint density at radius 1 is 0.870 bits per heavy atom. The van der Waals surface area contributed by atoms with Crippen molar-refractivity contribution in [3.8, 4) is 0 Å². The Hall–Kier alpha value is -5.80. The van der Waals surface area contributed by atoms with Gasteiger partial charge in [-0.3, -0.25) is 34.4 Å². The van der Waals surface area contributed by atoms with Gasteiger partial charge in [0.2, 0.25) is 5.69 Å². The van der Waals surface area contributed by atoms with Gasteiger partial charge in [-0.1, -0.05) is 54.1 Å². The molecule has 5 rings (SSSR count). The smallest absolute Gasteiger partial charge is 0.337 e. The van der Waals surface area contributed by atoms with Crippen molar-refractivity contribution in [1.82, 2.24) is 9.73 Å². The van der Waals surface area contributed by atoms with Gasteiger partial charge in [0.15, 0.2) is 5.54 Å². The minimum atomic E-state index is -4.73. The summed E-state index contributed by atoms with van der Waals surface area (Å²) in [6.07, 6.45) is -0.853. The lowest BCUT2D eigenvalue weighted by Crippen LogP contribution is -2.93. The molecule has 0 aromatic heterocycles. The second-order valence-electron chi connectivity index (χ2n) is 12.3. The fourth-order valence-corrected chi connectivity index (χ4v) is 8.21. The number of carboxylic acids is 1. The van der Waals surface area contributed by atoms with Crippen LogP contribution in [0.4, 0.5) is 28.4 Å². The maximum absolute atomic E-state index is 15.5. The Morgan fingerprint density at radius 2 is 1.46 bits per heavy atom. The number of carbonyl (C=O) groups is 2. The summed E-state index contributed by atoms with van der Waals surface area (Å²) in [6.45, 7) is 1.14. The zero-order chi connectivity index (χ0) is 39.4. The Labute approximate surface area is 309 Å². The topological polar surface area (TPSA) is 264 Å². The maximum Gasteiger partial charge on any atom is 0.337 e. The van der Waals surface area contributed by atoms with Crippen molar-refractivity contribution in [2.75, 3.05) is 23.7 Å². The molecule has 0 spiro atoms. The number of aliphatic carboxylic acids is 1. The number of nitrogens with zero attached hydrogens (tertiary/aromatic N) is 4. The molecule has 0 radical (unpaired) electrons. The van der Waals surface area contributed by atoms with E-state index in [1.807, 2.05) is 0 Å². The first kappa shape index (κ1) is 39.4. The number of anilines is 2. The Bertz CT molecular complexity index is 2290. The van der Waals surface area contributed by atoms with Gasteiger partial charge in [-0.05, 0) is 44.0 Å². The van der Waals surface area contributed by atoms with Crippen molar-refractivity contribution in [3.63, 3.8) is 0 Å². The molecule has 1 aliphatic rings. The van der Waals surface area contributed by atoms with E-state index < -0.39 is 77.5 Å². The number of non-ortho nitro benzene ring substituents is 1. The van der Waals surface area contributed by atoms with E-state index in [4.69, 9.17) is 0 Å². The van der Waals surface area contributed by atoms with Crippen LogP contribution in [-0.2, 0) is 35.3 Å². The van der Waals surface area contributed by atoms with Crippen molar-refractivity contribution in [2.24, 2.45) is 0 Å². The number of nitrogens with two attached hydrogens (primary N) is 1. The number of para-hydroxylation sites is 2. The summed E-state index contributed by atoms with van der Waals surface area (Å²) in [5, 5.41) is 33.0. The lowest BCUT2D eigenvalue weighted by atomic mass is 9.77. The molecule has 0 fully saturated rings. The fraction of sp³-hybridized carbons (Fsp3) is 0.235. The van der Waals surface area contributed by atoms with E-state index in [0.717, 1.165) is 29.2 Å². The predicted octanol–water partition coefficient (Wildman–Crippen LogP) is 3.27. The quantitative estimate of drug-likeness (QED) is 0.0418. The second kappa shape index (κ2) is 15.7. The summed E-state index contributed by atoms with van der Waals surface area (Å²) in [5.41, 5.74) is 1.93. The molecular weight excluding hydrogens is 749 g/mol. The van der Waals surface area contributed by atoms with Crippen molar-refractivity contribution >= 4 is 60.5 Å². The highest BCUT2D eigenvalue weighted by Gasteiger charge is 2.55. The van der Waals surface area contributed by atoms with Crippen LogP contribution in [0.15, 0.2) is 95.9 Å². The molecule has 20 heteroatoms. The van der Waals surface area contributed by atoms with E-state index in [0.29, 0.717) is 15.7 Å². The van der Waals surface area contributed by atoms with Gasteiger partial charge in [0.1, 0.15) is 6.07 Å². The molecule has 1 amide bonds. The Kier molecular flexibility index (Phi) is 11.4. The van der Waals surface area contributed by atoms with Crippen LogP contribution in [0.2, 0.25) is 0 Å². The first-order valence-electron chi connectivity index (χ1n) is 16.3. The van der Waals surface area contributed by atoms with E-state index in [1.165, 1.54) is 36.4 Å². The number of benzene rings is 4. The average molecular weight is 784 g/mol. The number of hydrogen-bond donors (Lipinski definition) is 4. The van der Waals surface area contributed by atoms with Crippen molar-refractivity contribution in [2.45, 2.75) is 36.6 Å². The van der Waals surface area contributed by atoms with Crippen LogP contribution in [0.1, 0.15) is 36.0 Å². The number of nitrogens with one attached hydrogen (secondary N) is 1. The number of carboxylic acid groups (broad SMARTS) is 1. The molecular formula is C34H35N6O12S2+. The van der Waals surface area contributed by atoms with Gasteiger partial charge in [-0.25, -0.2) is 18.1 Å². The molecule has 0 atom stereocenters. The first-order chi connectivity index (χ1) is 25.5. The summed E-state index contributed by atoms with van der Waals surface area (Å²) in [6, 6.07) is 21.1. The Balaban J connectivity index is 1.77. The normalized spacial score (nSPS) is 13.4. The number of aryl methyl sites for hydroxylation is 1. The first-order valence-corrected chi connectivity index (χ1v) is 19.3. The molecule has 0 aliphatic carbocycles. The summed E-state index contributed by atoms with van der Waals surface area (Å²) < 4.78 is 62.2. The summed E-state index contributed by atoms with van der Waals surface area (Å²) in [7, 11) is -9.08. The summed E-state index contributed by atoms with van der Waals surface area (Å²) in [4.78, 5) is 50.4. The van der Waals surface area contributed by atoms with E-state index in [1.54, 1.807) is 48.2 Å². The van der Waals surface area contributed by atoms with Crippen LogP contribution in [0.25, 0.3) is 0 Å². The molecule has 54 heavy (non-hydrogen) atoms. The number of fused-ring (bicyclic) bond motifs is 2. The standard InChI is InChI=1S/C34H34N6O12S2/c1-23-13-16-25(17-14-23)54(51,52)38(20-6-12-32(41)42)33(43)34(36-35-28-18-15-24(39(44)45)22-31(28)40(46)47)26-8-2-4-10-29(26)37(19-7-21-53(48,49)50)30-11-5-3-9-27(30)34/h2-5,8-11,13-18,22,35-36H,6-7,12,19-21H2,1H3,(H,41,42)(H,48,49,50)/p+1. The number of carbonyl (C=O) groups excluding carboxylic acids is 1. The SMILES string of the molecule is Cc1ccc(S(=O)(=O)N(CCCC(=O)O)C(=O)C2(N[NH2+]c3ccc([N+](=O)[O-])cc3[N+](=O)[O-])c3ccccc3N(CCCS(=O)(=O)O)c3ccccc32)cc1. The number of nitro benzene ring substituents is 2. The second-order valence-corrected chi connectivity index (χ2v) is 15.7. The van der Waals surface area contributed by atoms with Crippen LogP contribution >= 0.6 is 0 Å². The van der Waals surface area contributed by atoms with Gasteiger partial charge in [0, 0.05) is 54.1 Å². The molecule has 1 aliphatic heterocycles. The molecule has 1 heterocycles. The third kappa shape index (κ3) is 8.06. The monoisotopic (exact) mass is 783 g/mol. The predicted molar refractivity (Wildman–Crippen MR) is 193 cm³/mol. The van der Waals surface area contributed by atoms with Gasteiger partial charge >= 0.3 is 11.7 Å². The molecule has 5 N–H and O–H groups in total. The molecule has 284 valence electrons. The number of hydrogen-bond acceptors (Lipinski definition) is 12. The van der Waals surface area contributed by atoms with E-state index in [-0.39, 0.29) is 41.1 Å². The lowest BCUT2D eigenvalue weighted by Gasteiger charge is -2.45. The van der Waals surface area contributed by atoms with Gasteiger partial charge in [0.05, 0.1) is 20.5 Å². The molecule has 4 aromatic rings. The van der Waals surface area contributed by atoms with Gasteiger partial charge in [-0.2, -0.15) is 8.42 Å². The highest BCUT2D eigenvalue weighted by atomic mass is 32.2. The molecule has 4 aromatic carbocycles. The number of quaternary nitrogens is 1. The third-order valence-electron chi connectivity index (χ3n) is 8.76. The van der Waals surface area contributed by atoms with Gasteiger partial charge in [0.25, 0.3) is 31.7 Å². The number of rotatable bonds is 16. The molecule has 0 saturated carbocycles. The minimum absolute atomic E-state index is 0.000380. The van der Waals surface area contributed by atoms with E-state index >= 15 is 4.79 Å². The molecule has 0 unspecified atom stereocenters. The van der Waals surface area contributed by atoms with Crippen LogP contribution in [-0.4, -0.2) is 71.4 Å². The largest absolute Gasteiger partial charge is 0.481 e. The number of amides is 1. The third-order valence-corrected chi connectivity index (χ3v) is 11.4. The number of nitro groups is 2. The van der Waals surface area contributed by atoms with Gasteiger partial charge < -0.3 is 10.0 Å².